The van der Waals surface area contributed by atoms with E-state index in [1.54, 1.807) is 55.0 Å². The number of aromatic nitrogens is 2. The van der Waals surface area contributed by atoms with E-state index in [-0.39, 0.29) is 4.90 Å². The van der Waals surface area contributed by atoms with Gasteiger partial charge in [-0.25, -0.2) is 12.4 Å². The number of hydrogen-bond donors (Lipinski definition) is 0. The zero-order valence-electron chi connectivity index (χ0n) is 10.3. The Labute approximate surface area is 111 Å². The first kappa shape index (κ1) is 11.9. The van der Waals surface area contributed by atoms with Crippen LogP contribution < -0.4 is 0 Å². The average Bonchev–Trinajstić information content (AvgIpc) is 2.83. The first-order valence-corrected chi connectivity index (χ1v) is 7.26. The van der Waals surface area contributed by atoms with E-state index in [2.05, 4.69) is 4.98 Å². The summed E-state index contributed by atoms with van der Waals surface area (Å²) in [4.78, 5) is 4.26. The zero-order valence-corrected chi connectivity index (χ0v) is 11.1. The number of rotatable bonds is 2. The maximum Gasteiger partial charge on any atom is 0.268 e. The van der Waals surface area contributed by atoms with Crippen molar-refractivity contribution in [1.29, 1.82) is 0 Å². The molecular weight excluding hydrogens is 260 g/mol. The topological polar surface area (TPSA) is 52.0 Å². The molecule has 96 valence electrons. The third-order valence-corrected chi connectivity index (χ3v) is 4.74. The molecule has 3 aromatic rings. The van der Waals surface area contributed by atoms with E-state index in [9.17, 15) is 8.42 Å². The Bertz CT molecular complexity index is 833. The SMILES string of the molecule is Cc1ccc(S(=O)(=O)n2ccc3ccncc32)cc1. The first-order chi connectivity index (χ1) is 9.09. The second kappa shape index (κ2) is 4.20. The molecule has 2 aromatic heterocycles. The predicted molar refractivity (Wildman–Crippen MR) is 73.5 cm³/mol. The normalized spacial score (nSPS) is 11.8. The molecule has 3 rings (SSSR count). The van der Waals surface area contributed by atoms with Gasteiger partial charge < -0.3 is 0 Å². The molecule has 0 atom stereocenters. The molecule has 0 fully saturated rings. The van der Waals surface area contributed by atoms with Crippen molar-refractivity contribution in [2.45, 2.75) is 11.8 Å². The van der Waals surface area contributed by atoms with Crippen LogP contribution in [-0.2, 0) is 10.0 Å². The molecule has 0 saturated heterocycles. The Hall–Kier alpha value is -2.14. The maximum atomic E-state index is 12.6. The fraction of sp³-hybridized carbons (Fsp3) is 0.0714. The van der Waals surface area contributed by atoms with Crippen molar-refractivity contribution in [3.8, 4) is 0 Å². The lowest BCUT2D eigenvalue weighted by atomic mass is 10.2. The van der Waals surface area contributed by atoms with Crippen LogP contribution in [0.25, 0.3) is 10.9 Å². The minimum absolute atomic E-state index is 0.277. The molecular formula is C14H12N2O2S. The van der Waals surface area contributed by atoms with E-state index in [4.69, 9.17) is 0 Å². The van der Waals surface area contributed by atoms with Crippen LogP contribution in [-0.4, -0.2) is 17.4 Å². The Morgan fingerprint density at radius 2 is 1.79 bits per heavy atom. The number of fused-ring (bicyclic) bond motifs is 1. The highest BCUT2D eigenvalue weighted by Crippen LogP contribution is 2.21. The molecule has 0 radical (unpaired) electrons. The van der Waals surface area contributed by atoms with Gasteiger partial charge >= 0.3 is 0 Å². The number of benzene rings is 1. The minimum Gasteiger partial charge on any atom is -0.262 e. The van der Waals surface area contributed by atoms with E-state index >= 15 is 0 Å². The number of nitrogens with zero attached hydrogens (tertiary/aromatic N) is 2. The third kappa shape index (κ3) is 1.92. The highest BCUT2D eigenvalue weighted by Gasteiger charge is 2.18. The van der Waals surface area contributed by atoms with Gasteiger partial charge in [-0.3, -0.25) is 4.98 Å². The lowest BCUT2D eigenvalue weighted by Crippen LogP contribution is -2.11. The maximum absolute atomic E-state index is 12.6. The smallest absolute Gasteiger partial charge is 0.262 e. The van der Waals surface area contributed by atoms with E-state index in [1.165, 1.54) is 3.97 Å². The summed E-state index contributed by atoms with van der Waals surface area (Å²) in [5.41, 5.74) is 1.61. The van der Waals surface area contributed by atoms with Crippen LogP contribution in [0.3, 0.4) is 0 Å². The molecule has 4 nitrogen and oxygen atoms in total. The van der Waals surface area contributed by atoms with Crippen LogP contribution in [0.5, 0.6) is 0 Å². The van der Waals surface area contributed by atoms with E-state index < -0.39 is 10.0 Å². The van der Waals surface area contributed by atoms with Gasteiger partial charge in [-0.2, -0.15) is 0 Å². The molecule has 5 heteroatoms. The van der Waals surface area contributed by atoms with Crippen LogP contribution in [0.15, 0.2) is 59.9 Å². The van der Waals surface area contributed by atoms with Crippen molar-refractivity contribution in [3.63, 3.8) is 0 Å². The zero-order chi connectivity index (χ0) is 13.5. The average molecular weight is 272 g/mol. The van der Waals surface area contributed by atoms with Crippen LogP contribution in [0.4, 0.5) is 0 Å². The fourth-order valence-corrected chi connectivity index (χ4v) is 3.32. The van der Waals surface area contributed by atoms with Crippen LogP contribution in [0, 0.1) is 6.92 Å². The molecule has 2 heterocycles. The number of pyridine rings is 1. The number of aryl methyl sites for hydroxylation is 1. The summed E-state index contributed by atoms with van der Waals surface area (Å²) in [7, 11) is -3.56. The van der Waals surface area contributed by atoms with Crippen molar-refractivity contribution in [1.82, 2.24) is 8.96 Å². The summed E-state index contributed by atoms with van der Waals surface area (Å²) in [5, 5.41) is 0.852. The Morgan fingerprint density at radius 1 is 1.05 bits per heavy atom. The van der Waals surface area contributed by atoms with Gasteiger partial charge in [-0.05, 0) is 31.2 Å². The molecule has 0 aliphatic rings. The van der Waals surface area contributed by atoms with Crippen LogP contribution >= 0.6 is 0 Å². The molecule has 0 N–H and O–H groups in total. The van der Waals surface area contributed by atoms with Gasteiger partial charge in [0, 0.05) is 17.8 Å². The molecule has 0 amide bonds. The molecule has 0 aliphatic heterocycles. The molecule has 1 aromatic carbocycles. The van der Waals surface area contributed by atoms with Crippen molar-refractivity contribution in [3.05, 3.63) is 60.6 Å². The summed E-state index contributed by atoms with van der Waals surface area (Å²) >= 11 is 0. The molecule has 0 bridgehead atoms. The van der Waals surface area contributed by atoms with Gasteiger partial charge in [0.1, 0.15) is 0 Å². The monoisotopic (exact) mass is 272 g/mol. The highest BCUT2D eigenvalue weighted by atomic mass is 32.2. The molecule has 0 saturated carbocycles. The summed E-state index contributed by atoms with van der Waals surface area (Å²) < 4.78 is 26.4. The molecule has 0 unspecified atom stereocenters. The molecule has 0 aliphatic carbocycles. The van der Waals surface area contributed by atoms with Crippen LogP contribution in [0.2, 0.25) is 0 Å². The second-order valence-corrected chi connectivity index (χ2v) is 6.18. The van der Waals surface area contributed by atoms with Crippen molar-refractivity contribution >= 4 is 20.9 Å². The molecule has 0 spiro atoms. The van der Waals surface area contributed by atoms with E-state index in [0.29, 0.717) is 5.52 Å². The quantitative estimate of drug-likeness (QED) is 0.720. The number of hydrogen-bond acceptors (Lipinski definition) is 3. The highest BCUT2D eigenvalue weighted by molar-refractivity contribution is 7.90. The van der Waals surface area contributed by atoms with Crippen LogP contribution in [0.1, 0.15) is 5.56 Å². The van der Waals surface area contributed by atoms with E-state index in [1.807, 2.05) is 6.92 Å². The minimum atomic E-state index is -3.56. The first-order valence-electron chi connectivity index (χ1n) is 5.82. The van der Waals surface area contributed by atoms with Gasteiger partial charge in [0.2, 0.25) is 0 Å². The van der Waals surface area contributed by atoms with Crippen molar-refractivity contribution in [2.75, 3.05) is 0 Å². The van der Waals surface area contributed by atoms with Gasteiger partial charge in [-0.1, -0.05) is 17.7 Å². The van der Waals surface area contributed by atoms with Crippen molar-refractivity contribution in [2.24, 2.45) is 0 Å². The van der Waals surface area contributed by atoms with Gasteiger partial charge in [0.05, 0.1) is 16.6 Å². The predicted octanol–water partition coefficient (Wildman–Crippen LogP) is 2.58. The third-order valence-electron chi connectivity index (χ3n) is 3.04. The summed E-state index contributed by atoms with van der Waals surface area (Å²) in [6.45, 7) is 1.92. The Morgan fingerprint density at radius 3 is 2.53 bits per heavy atom. The Kier molecular flexibility index (Phi) is 2.64. The lowest BCUT2D eigenvalue weighted by molar-refractivity contribution is 0.589. The van der Waals surface area contributed by atoms with Gasteiger partial charge in [-0.15, -0.1) is 0 Å². The summed E-state index contributed by atoms with van der Waals surface area (Å²) in [6.07, 6.45) is 4.76. The standard InChI is InChI=1S/C14H12N2O2S/c1-11-2-4-13(5-3-11)19(17,18)16-9-7-12-6-8-15-10-14(12)16/h2-10H,1H3. The molecule has 19 heavy (non-hydrogen) atoms. The van der Waals surface area contributed by atoms with E-state index in [0.717, 1.165) is 10.9 Å². The van der Waals surface area contributed by atoms with Gasteiger partial charge in [0.15, 0.2) is 0 Å². The summed E-state index contributed by atoms with van der Waals surface area (Å²) in [6, 6.07) is 10.4. The summed E-state index contributed by atoms with van der Waals surface area (Å²) in [5.74, 6) is 0. The largest absolute Gasteiger partial charge is 0.268 e. The lowest BCUT2D eigenvalue weighted by Gasteiger charge is -2.07. The Balaban J connectivity index is 2.22. The van der Waals surface area contributed by atoms with Crippen molar-refractivity contribution < 1.29 is 8.42 Å². The fourth-order valence-electron chi connectivity index (χ4n) is 1.98. The van der Waals surface area contributed by atoms with Gasteiger partial charge in [0.25, 0.3) is 10.0 Å². The second-order valence-electron chi connectivity index (χ2n) is 4.36.